The van der Waals surface area contributed by atoms with Crippen molar-refractivity contribution in [2.45, 2.75) is 46.5 Å². The molecule has 0 radical (unpaired) electrons. The van der Waals surface area contributed by atoms with Crippen molar-refractivity contribution >= 4 is 28.6 Å². The third-order valence-electron chi connectivity index (χ3n) is 5.39. The predicted octanol–water partition coefficient (Wildman–Crippen LogP) is 5.60. The van der Waals surface area contributed by atoms with Gasteiger partial charge in [0.2, 0.25) is 5.75 Å². The fraction of sp³-hybridized carbons (Fsp3) is 0.318. The number of benzene rings is 2. The summed E-state index contributed by atoms with van der Waals surface area (Å²) in [6, 6.07) is 5.41. The highest BCUT2D eigenvalue weighted by molar-refractivity contribution is 6.05. The highest BCUT2D eigenvalue weighted by Crippen LogP contribution is 2.41. The van der Waals surface area contributed by atoms with Crippen LogP contribution in [0.4, 0.5) is 11.4 Å². The highest BCUT2D eigenvalue weighted by Gasteiger charge is 2.27. The van der Waals surface area contributed by atoms with Gasteiger partial charge < -0.3 is 9.52 Å². The minimum absolute atomic E-state index is 0.357. The summed E-state index contributed by atoms with van der Waals surface area (Å²) in [7, 11) is 0. The van der Waals surface area contributed by atoms with Crippen molar-refractivity contribution in [3.8, 4) is 5.75 Å². The summed E-state index contributed by atoms with van der Waals surface area (Å²) >= 11 is 0. The summed E-state index contributed by atoms with van der Waals surface area (Å²) in [5, 5.41) is 22.8. The Labute approximate surface area is 162 Å². The first-order chi connectivity index (χ1) is 13.4. The van der Waals surface area contributed by atoms with E-state index in [1.165, 1.54) is 6.07 Å². The zero-order valence-electron chi connectivity index (χ0n) is 16.2. The Morgan fingerprint density at radius 1 is 1.14 bits per heavy atom. The number of hydrogen-bond donors (Lipinski definition) is 1. The minimum atomic E-state index is -0.587. The van der Waals surface area contributed by atoms with E-state index in [2.05, 4.69) is 4.99 Å². The molecule has 1 aliphatic rings. The quantitative estimate of drug-likeness (QED) is 0.365. The number of rotatable bonds is 3. The molecule has 28 heavy (non-hydrogen) atoms. The number of nitro groups is 1. The molecule has 1 N–H and O–H groups in total. The largest absolute Gasteiger partial charge is 0.502 e. The fourth-order valence-electron chi connectivity index (χ4n) is 4.20. The van der Waals surface area contributed by atoms with Crippen molar-refractivity contribution in [2.75, 3.05) is 0 Å². The summed E-state index contributed by atoms with van der Waals surface area (Å²) in [5.74, 6) is 0.497. The van der Waals surface area contributed by atoms with Crippen molar-refractivity contribution in [1.82, 2.24) is 0 Å². The van der Waals surface area contributed by atoms with E-state index in [1.807, 2.05) is 32.9 Å². The summed E-state index contributed by atoms with van der Waals surface area (Å²) in [6.45, 7) is 5.99. The molecule has 0 aliphatic heterocycles. The molecule has 0 amide bonds. The lowest BCUT2D eigenvalue weighted by Gasteiger charge is -2.10. The minimum Gasteiger partial charge on any atom is -0.502 e. The number of hydrogen-bond acceptors (Lipinski definition) is 5. The molecule has 2 aromatic carbocycles. The van der Waals surface area contributed by atoms with Crippen LogP contribution in [0.3, 0.4) is 0 Å². The molecule has 6 heteroatoms. The number of furan rings is 1. The molecule has 1 aromatic heterocycles. The van der Waals surface area contributed by atoms with Gasteiger partial charge in [-0.1, -0.05) is 17.7 Å². The second-order valence-electron chi connectivity index (χ2n) is 7.50. The fourth-order valence-corrected chi connectivity index (χ4v) is 4.20. The van der Waals surface area contributed by atoms with Gasteiger partial charge in [0.15, 0.2) is 0 Å². The monoisotopic (exact) mass is 378 g/mol. The molecule has 0 unspecified atom stereocenters. The second-order valence-corrected chi connectivity index (χ2v) is 7.50. The molecule has 3 aromatic rings. The van der Waals surface area contributed by atoms with Crippen molar-refractivity contribution in [2.24, 2.45) is 4.99 Å². The topological polar surface area (TPSA) is 88.9 Å². The van der Waals surface area contributed by atoms with Gasteiger partial charge in [-0.3, -0.25) is 15.1 Å². The number of nitro benzene ring substituents is 1. The van der Waals surface area contributed by atoms with Crippen molar-refractivity contribution in [3.05, 3.63) is 61.9 Å². The summed E-state index contributed by atoms with van der Waals surface area (Å²) < 4.78 is 5.91. The Kier molecular flexibility index (Phi) is 4.41. The van der Waals surface area contributed by atoms with Gasteiger partial charge in [0.1, 0.15) is 11.3 Å². The van der Waals surface area contributed by atoms with E-state index in [1.54, 1.807) is 6.21 Å². The third kappa shape index (κ3) is 2.95. The number of aryl methyl sites for hydroxylation is 5. The summed E-state index contributed by atoms with van der Waals surface area (Å²) in [6.07, 6.45) is 5.26. The van der Waals surface area contributed by atoms with E-state index in [0.717, 1.165) is 64.8 Å². The first kappa shape index (κ1) is 18.2. The van der Waals surface area contributed by atoms with Crippen LogP contribution in [0.25, 0.3) is 11.0 Å². The van der Waals surface area contributed by atoms with Crippen LogP contribution in [0.5, 0.6) is 5.75 Å². The third-order valence-corrected chi connectivity index (χ3v) is 5.39. The van der Waals surface area contributed by atoms with Crippen molar-refractivity contribution in [3.63, 3.8) is 0 Å². The van der Waals surface area contributed by atoms with Gasteiger partial charge in [0.25, 0.3) is 0 Å². The Bertz CT molecular complexity index is 1120. The Morgan fingerprint density at radius 2 is 1.82 bits per heavy atom. The zero-order valence-corrected chi connectivity index (χ0v) is 16.2. The normalized spacial score (nSPS) is 14.0. The van der Waals surface area contributed by atoms with Crippen LogP contribution in [0.1, 0.15) is 46.4 Å². The van der Waals surface area contributed by atoms with E-state index in [9.17, 15) is 15.2 Å². The lowest BCUT2D eigenvalue weighted by molar-refractivity contribution is -0.385. The van der Waals surface area contributed by atoms with Crippen LogP contribution in [0, 0.1) is 30.9 Å². The lowest BCUT2D eigenvalue weighted by Crippen LogP contribution is -2.00. The molecule has 6 nitrogen and oxygen atoms in total. The average molecular weight is 378 g/mol. The number of phenolic OH excluding ortho intramolecular Hbond substituents is 1. The molecule has 4 rings (SSSR count). The standard InChI is InChI=1S/C22H22N2O4/c1-12-8-13(2)21(14(3)9-12)23-11-16-20-15-6-4-5-7-18(15)28-19(20)10-17(22(16)25)24(26)27/h8-11,25H,4-7H2,1-3H3. The number of aromatic hydroxyl groups is 1. The summed E-state index contributed by atoms with van der Waals surface area (Å²) in [4.78, 5) is 15.5. The first-order valence-corrected chi connectivity index (χ1v) is 9.43. The SMILES string of the molecule is Cc1cc(C)c(N=Cc2c(O)c([N+](=O)[O-])cc3oc4c(c23)CCCC4)c(C)c1. The molecular weight excluding hydrogens is 356 g/mol. The van der Waals surface area contributed by atoms with Gasteiger partial charge in [-0.25, -0.2) is 0 Å². The number of aliphatic imine (C=N–C) groups is 1. The number of phenols is 1. The molecule has 0 saturated carbocycles. The van der Waals surface area contributed by atoms with Crippen molar-refractivity contribution in [1.29, 1.82) is 0 Å². The molecule has 0 fully saturated rings. The molecule has 1 heterocycles. The van der Waals surface area contributed by atoms with Crippen LogP contribution in [-0.2, 0) is 12.8 Å². The molecule has 0 spiro atoms. The predicted molar refractivity (Wildman–Crippen MR) is 109 cm³/mol. The van der Waals surface area contributed by atoms with Crippen LogP contribution in [0.15, 0.2) is 27.6 Å². The molecule has 0 atom stereocenters. The maximum atomic E-state index is 11.4. The Balaban J connectivity index is 1.96. The van der Waals surface area contributed by atoms with Crippen LogP contribution >= 0.6 is 0 Å². The summed E-state index contributed by atoms with van der Waals surface area (Å²) in [5.41, 5.74) is 5.46. The van der Waals surface area contributed by atoms with Gasteiger partial charge in [0, 0.05) is 23.6 Å². The lowest BCUT2D eigenvalue weighted by atomic mass is 9.93. The van der Waals surface area contributed by atoms with E-state index >= 15 is 0 Å². The zero-order chi connectivity index (χ0) is 20.0. The highest BCUT2D eigenvalue weighted by atomic mass is 16.6. The maximum Gasteiger partial charge on any atom is 0.315 e. The van der Waals surface area contributed by atoms with E-state index in [0.29, 0.717) is 11.1 Å². The van der Waals surface area contributed by atoms with Crippen LogP contribution in [0.2, 0.25) is 0 Å². The van der Waals surface area contributed by atoms with Crippen molar-refractivity contribution < 1.29 is 14.4 Å². The van der Waals surface area contributed by atoms with E-state index in [-0.39, 0.29) is 11.4 Å². The second kappa shape index (κ2) is 6.78. The van der Waals surface area contributed by atoms with E-state index in [4.69, 9.17) is 4.42 Å². The van der Waals surface area contributed by atoms with E-state index < -0.39 is 4.92 Å². The molecule has 0 saturated heterocycles. The molecular formula is C22H22N2O4. The van der Waals surface area contributed by atoms with Crippen LogP contribution in [-0.4, -0.2) is 16.2 Å². The first-order valence-electron chi connectivity index (χ1n) is 9.43. The molecule has 1 aliphatic carbocycles. The van der Waals surface area contributed by atoms with Gasteiger partial charge in [-0.2, -0.15) is 0 Å². The van der Waals surface area contributed by atoms with Gasteiger partial charge in [-0.05, 0) is 51.2 Å². The smallest absolute Gasteiger partial charge is 0.315 e. The van der Waals surface area contributed by atoms with Gasteiger partial charge in [0.05, 0.1) is 22.2 Å². The van der Waals surface area contributed by atoms with Gasteiger partial charge >= 0.3 is 5.69 Å². The number of fused-ring (bicyclic) bond motifs is 3. The molecule has 144 valence electrons. The van der Waals surface area contributed by atoms with Gasteiger partial charge in [-0.15, -0.1) is 0 Å². The van der Waals surface area contributed by atoms with Crippen LogP contribution < -0.4 is 0 Å². The Hall–Kier alpha value is -3.15. The number of nitrogens with zero attached hydrogens (tertiary/aromatic N) is 2. The molecule has 0 bridgehead atoms. The maximum absolute atomic E-state index is 11.4. The Morgan fingerprint density at radius 3 is 2.50 bits per heavy atom. The average Bonchev–Trinajstić information content (AvgIpc) is 3.00.